The predicted octanol–water partition coefficient (Wildman–Crippen LogP) is 4.39. The summed E-state index contributed by atoms with van der Waals surface area (Å²) in [7, 11) is 0. The molecule has 4 nitrogen and oxygen atoms in total. The van der Waals surface area contributed by atoms with E-state index in [1.165, 1.54) is 24.4 Å². The van der Waals surface area contributed by atoms with Crippen LogP contribution in [0.4, 0.5) is 10.1 Å². The minimum absolute atomic E-state index is 0.0739. The van der Waals surface area contributed by atoms with Crippen molar-refractivity contribution in [3.8, 4) is 11.3 Å². The van der Waals surface area contributed by atoms with E-state index < -0.39 is 11.7 Å². The highest BCUT2D eigenvalue weighted by Crippen LogP contribution is 2.22. The van der Waals surface area contributed by atoms with E-state index in [0.29, 0.717) is 11.4 Å². The number of carbonyl (C=O) groups excluding carboxylic acids is 1. The Kier molecular flexibility index (Phi) is 3.89. The fourth-order valence-corrected chi connectivity index (χ4v) is 2.05. The molecular formula is C16H10ClFN2O2. The number of hydrogen-bond acceptors (Lipinski definition) is 3. The maximum Gasteiger partial charge on any atom is 0.311 e. The van der Waals surface area contributed by atoms with Gasteiger partial charge in [-0.1, -0.05) is 41.9 Å². The van der Waals surface area contributed by atoms with Crippen LogP contribution in [0.15, 0.2) is 59.1 Å². The van der Waals surface area contributed by atoms with Crippen molar-refractivity contribution in [1.29, 1.82) is 0 Å². The number of anilines is 1. The van der Waals surface area contributed by atoms with Gasteiger partial charge in [0.2, 0.25) is 0 Å². The number of amides is 1. The topological polar surface area (TPSA) is 55.1 Å². The summed E-state index contributed by atoms with van der Waals surface area (Å²) in [4.78, 5) is 16.0. The zero-order valence-electron chi connectivity index (χ0n) is 11.2. The van der Waals surface area contributed by atoms with Gasteiger partial charge in [-0.2, -0.15) is 0 Å². The van der Waals surface area contributed by atoms with Crippen molar-refractivity contribution in [2.75, 3.05) is 5.32 Å². The van der Waals surface area contributed by atoms with Crippen LogP contribution in [0.2, 0.25) is 5.02 Å². The lowest BCUT2D eigenvalue weighted by Crippen LogP contribution is -2.12. The van der Waals surface area contributed by atoms with Crippen molar-refractivity contribution >= 4 is 23.2 Å². The Balaban J connectivity index is 1.78. The van der Waals surface area contributed by atoms with Gasteiger partial charge >= 0.3 is 5.91 Å². The molecule has 22 heavy (non-hydrogen) atoms. The second-order valence-corrected chi connectivity index (χ2v) is 4.89. The Labute approximate surface area is 130 Å². The molecule has 0 aliphatic heterocycles. The zero-order chi connectivity index (χ0) is 15.5. The molecule has 1 heterocycles. The molecule has 0 saturated carbocycles. The molecule has 1 N–H and O–H groups in total. The van der Waals surface area contributed by atoms with E-state index in [2.05, 4.69) is 10.3 Å². The second kappa shape index (κ2) is 5.99. The maximum atomic E-state index is 13.1. The van der Waals surface area contributed by atoms with Gasteiger partial charge in [-0.3, -0.25) is 4.79 Å². The van der Waals surface area contributed by atoms with Gasteiger partial charge in [0.25, 0.3) is 5.89 Å². The van der Waals surface area contributed by atoms with Crippen LogP contribution in [0.5, 0.6) is 0 Å². The second-order valence-electron chi connectivity index (χ2n) is 4.48. The first-order valence-corrected chi connectivity index (χ1v) is 6.79. The summed E-state index contributed by atoms with van der Waals surface area (Å²) < 4.78 is 18.5. The number of hydrogen-bond donors (Lipinski definition) is 1. The highest BCUT2D eigenvalue weighted by Gasteiger charge is 2.15. The molecular weight excluding hydrogens is 307 g/mol. The van der Waals surface area contributed by atoms with Crippen LogP contribution in [0.25, 0.3) is 11.3 Å². The standard InChI is InChI=1S/C16H10ClFN2O2/c17-12-8-11(6-7-13(12)18)20-15(21)16-19-9-14(22-16)10-4-2-1-3-5-10/h1-9H,(H,20,21). The number of benzene rings is 2. The number of nitrogens with one attached hydrogen (secondary N) is 1. The molecule has 0 saturated heterocycles. The Bertz CT molecular complexity index is 818. The molecule has 1 amide bonds. The Hall–Kier alpha value is -2.66. The van der Waals surface area contributed by atoms with Crippen molar-refractivity contribution in [2.24, 2.45) is 0 Å². The first-order chi connectivity index (χ1) is 10.6. The molecule has 0 bridgehead atoms. The Morgan fingerprint density at radius 2 is 1.95 bits per heavy atom. The SMILES string of the molecule is O=C(Nc1ccc(F)c(Cl)c1)c1ncc(-c2ccccc2)o1. The largest absolute Gasteiger partial charge is 0.432 e. The van der Waals surface area contributed by atoms with Gasteiger partial charge in [-0.05, 0) is 18.2 Å². The minimum Gasteiger partial charge on any atom is -0.432 e. The molecule has 0 radical (unpaired) electrons. The van der Waals surface area contributed by atoms with Gasteiger partial charge in [0.1, 0.15) is 5.82 Å². The third-order valence-electron chi connectivity index (χ3n) is 2.94. The van der Waals surface area contributed by atoms with E-state index in [1.54, 1.807) is 0 Å². The molecule has 3 aromatic rings. The molecule has 0 aliphatic carbocycles. The fraction of sp³-hybridized carbons (Fsp3) is 0. The number of nitrogens with zero attached hydrogens (tertiary/aromatic N) is 1. The quantitative estimate of drug-likeness (QED) is 0.779. The summed E-state index contributed by atoms with van der Waals surface area (Å²) in [5.41, 5.74) is 1.18. The average molecular weight is 317 g/mol. The van der Waals surface area contributed by atoms with Gasteiger partial charge in [0, 0.05) is 11.3 Å². The summed E-state index contributed by atoms with van der Waals surface area (Å²) in [6.07, 6.45) is 1.47. The smallest absolute Gasteiger partial charge is 0.311 e. The third-order valence-corrected chi connectivity index (χ3v) is 3.23. The van der Waals surface area contributed by atoms with Gasteiger partial charge in [-0.15, -0.1) is 0 Å². The van der Waals surface area contributed by atoms with Gasteiger partial charge < -0.3 is 9.73 Å². The molecule has 0 spiro atoms. The van der Waals surface area contributed by atoms with Crippen LogP contribution in [0.3, 0.4) is 0 Å². The zero-order valence-corrected chi connectivity index (χ0v) is 12.0. The first kappa shape index (κ1) is 14.3. The number of aromatic nitrogens is 1. The molecule has 0 fully saturated rings. The first-order valence-electron chi connectivity index (χ1n) is 6.41. The van der Waals surface area contributed by atoms with Crippen molar-refractivity contribution in [3.63, 3.8) is 0 Å². The fourth-order valence-electron chi connectivity index (χ4n) is 1.87. The Morgan fingerprint density at radius 3 is 2.68 bits per heavy atom. The lowest BCUT2D eigenvalue weighted by atomic mass is 10.2. The lowest BCUT2D eigenvalue weighted by Gasteiger charge is -2.03. The average Bonchev–Trinajstić information content (AvgIpc) is 3.02. The molecule has 0 unspecified atom stereocenters. The molecule has 110 valence electrons. The van der Waals surface area contributed by atoms with E-state index in [4.69, 9.17) is 16.0 Å². The van der Waals surface area contributed by atoms with E-state index in [9.17, 15) is 9.18 Å². The highest BCUT2D eigenvalue weighted by molar-refractivity contribution is 6.31. The molecule has 0 atom stereocenters. The van der Waals surface area contributed by atoms with Crippen LogP contribution in [-0.4, -0.2) is 10.9 Å². The highest BCUT2D eigenvalue weighted by atomic mass is 35.5. The monoisotopic (exact) mass is 316 g/mol. The Morgan fingerprint density at radius 1 is 1.18 bits per heavy atom. The number of oxazole rings is 1. The molecule has 0 aliphatic rings. The lowest BCUT2D eigenvalue weighted by molar-refractivity contribution is 0.0991. The molecule has 2 aromatic carbocycles. The summed E-state index contributed by atoms with van der Waals surface area (Å²) in [5, 5.41) is 2.47. The summed E-state index contributed by atoms with van der Waals surface area (Å²) in [6.45, 7) is 0. The van der Waals surface area contributed by atoms with Crippen LogP contribution in [-0.2, 0) is 0 Å². The van der Waals surface area contributed by atoms with E-state index in [-0.39, 0.29) is 10.9 Å². The third kappa shape index (κ3) is 2.99. The van der Waals surface area contributed by atoms with Crippen molar-refractivity contribution < 1.29 is 13.6 Å². The summed E-state index contributed by atoms with van der Waals surface area (Å²) >= 11 is 5.66. The normalized spacial score (nSPS) is 10.5. The number of carbonyl (C=O) groups is 1. The van der Waals surface area contributed by atoms with E-state index in [0.717, 1.165) is 5.56 Å². The number of rotatable bonds is 3. The molecule has 1 aromatic heterocycles. The molecule has 3 rings (SSSR count). The minimum atomic E-state index is -0.554. The summed E-state index contributed by atoms with van der Waals surface area (Å²) in [5.74, 6) is -0.686. The van der Waals surface area contributed by atoms with E-state index >= 15 is 0 Å². The van der Waals surface area contributed by atoms with Gasteiger partial charge in [-0.25, -0.2) is 9.37 Å². The van der Waals surface area contributed by atoms with Crippen LogP contribution in [0, 0.1) is 5.82 Å². The van der Waals surface area contributed by atoms with Crippen LogP contribution >= 0.6 is 11.6 Å². The molecule has 6 heteroatoms. The van der Waals surface area contributed by atoms with Crippen molar-refractivity contribution in [1.82, 2.24) is 4.98 Å². The number of halogens is 2. The van der Waals surface area contributed by atoms with E-state index in [1.807, 2.05) is 30.3 Å². The van der Waals surface area contributed by atoms with Crippen LogP contribution < -0.4 is 5.32 Å². The van der Waals surface area contributed by atoms with Crippen LogP contribution in [0.1, 0.15) is 10.7 Å². The van der Waals surface area contributed by atoms with Crippen molar-refractivity contribution in [3.05, 3.63) is 71.5 Å². The van der Waals surface area contributed by atoms with Gasteiger partial charge in [0.05, 0.1) is 11.2 Å². The van der Waals surface area contributed by atoms with Crippen molar-refractivity contribution in [2.45, 2.75) is 0 Å². The van der Waals surface area contributed by atoms with Gasteiger partial charge in [0.15, 0.2) is 5.76 Å². The maximum absolute atomic E-state index is 13.1. The predicted molar refractivity (Wildman–Crippen MR) is 81.3 cm³/mol. The summed E-state index contributed by atoms with van der Waals surface area (Å²) in [6, 6.07) is 13.2.